The second-order valence-corrected chi connectivity index (χ2v) is 15.3. The molecule has 7 nitrogen and oxygen atoms in total. The highest BCUT2D eigenvalue weighted by atomic mass is 31.2. The van der Waals surface area contributed by atoms with E-state index in [9.17, 15) is 10.1 Å². The predicted octanol–water partition coefficient (Wildman–Crippen LogP) is 9.74. The molecule has 1 heterocycles. The van der Waals surface area contributed by atoms with Crippen molar-refractivity contribution >= 4 is 72.2 Å². The first-order valence-corrected chi connectivity index (χ1v) is 17.9. The van der Waals surface area contributed by atoms with E-state index < -0.39 is 17.9 Å². The van der Waals surface area contributed by atoms with E-state index in [1.165, 1.54) is 14.2 Å². The number of benzene rings is 7. The zero-order chi connectivity index (χ0) is 34.7. The quantitative estimate of drug-likeness (QED) is 0.0722. The van der Waals surface area contributed by atoms with E-state index in [0.29, 0.717) is 27.5 Å². The highest BCUT2D eigenvalue weighted by Gasteiger charge is 2.43. The van der Waals surface area contributed by atoms with Gasteiger partial charge in [-0.25, -0.2) is 0 Å². The first-order chi connectivity index (χ1) is 24.2. The van der Waals surface area contributed by atoms with Gasteiger partial charge >= 0.3 is 5.88 Å². The van der Waals surface area contributed by atoms with Crippen molar-refractivity contribution in [3.05, 3.63) is 143 Å². The van der Waals surface area contributed by atoms with Crippen molar-refractivity contribution in [1.29, 1.82) is 0 Å². The minimum atomic E-state index is -4.13. The third-order valence-corrected chi connectivity index (χ3v) is 12.5. The summed E-state index contributed by atoms with van der Waals surface area (Å²) < 4.78 is 34.1. The third kappa shape index (κ3) is 4.85. The number of methoxy groups -OCH3 is 2. The molecule has 1 atom stereocenters. The summed E-state index contributed by atoms with van der Waals surface area (Å²) in [5, 5.41) is 19.8. The van der Waals surface area contributed by atoms with Crippen LogP contribution in [0.2, 0.25) is 0 Å². The van der Waals surface area contributed by atoms with Crippen LogP contribution < -0.4 is 25.4 Å². The molecule has 1 unspecified atom stereocenters. The molecule has 0 bridgehead atoms. The number of ether oxygens (including phenoxy) is 2. The summed E-state index contributed by atoms with van der Waals surface area (Å²) in [7, 11) is -1.09. The van der Waals surface area contributed by atoms with Gasteiger partial charge in [-0.1, -0.05) is 83.9 Å². The molecule has 7 aromatic carbocycles. The highest BCUT2D eigenvalue weighted by molar-refractivity contribution is 7.86. The van der Waals surface area contributed by atoms with Gasteiger partial charge < -0.3 is 18.5 Å². The molecule has 0 saturated carbocycles. The molecule has 50 heavy (non-hydrogen) atoms. The summed E-state index contributed by atoms with van der Waals surface area (Å²) in [5.41, 5.74) is 3.96. The Morgan fingerprint density at radius 3 is 1.96 bits per heavy atom. The van der Waals surface area contributed by atoms with Crippen LogP contribution in [0, 0.1) is 24.0 Å². The Morgan fingerprint density at radius 1 is 0.640 bits per heavy atom. The van der Waals surface area contributed by atoms with Crippen LogP contribution in [-0.2, 0) is 4.57 Å². The molecule has 1 aromatic heterocycles. The van der Waals surface area contributed by atoms with Crippen LogP contribution in [0.3, 0.4) is 0 Å². The van der Waals surface area contributed by atoms with Crippen LogP contribution >= 0.6 is 7.14 Å². The molecular weight excluding hydrogens is 645 g/mol. The molecule has 8 aromatic rings. The lowest BCUT2D eigenvalue weighted by Gasteiger charge is -2.21. The molecule has 0 aliphatic carbocycles. The molecule has 8 heteroatoms. The van der Waals surface area contributed by atoms with Gasteiger partial charge in [0.2, 0.25) is 0 Å². The number of nitro groups is 1. The van der Waals surface area contributed by atoms with Gasteiger partial charge in [-0.15, -0.1) is 0 Å². The normalized spacial score (nSPS) is 12.8. The Hall–Kier alpha value is -5.91. The summed E-state index contributed by atoms with van der Waals surface area (Å²) in [6.07, 6.45) is 0. The molecule has 0 spiro atoms. The van der Waals surface area contributed by atoms with E-state index in [0.717, 1.165) is 54.6 Å². The van der Waals surface area contributed by atoms with Crippen molar-refractivity contribution in [1.82, 2.24) is 0 Å². The van der Waals surface area contributed by atoms with Gasteiger partial charge in [0.25, 0.3) is 0 Å². The Morgan fingerprint density at radius 2 is 1.28 bits per heavy atom. The van der Waals surface area contributed by atoms with Crippen molar-refractivity contribution in [3.63, 3.8) is 0 Å². The molecule has 0 N–H and O–H groups in total. The SMILES string of the molecule is COc1cc(OC)cc(P(=O)(c2cc(C)cc(C)c2)c2c([N+](=O)[O-])oc3ccc4c(-c5ccccc5)cc5ccc6ccccc6c5c4c23)c1. The Labute approximate surface area is 288 Å². The Bertz CT molecular complexity index is 2670. The first-order valence-electron chi connectivity index (χ1n) is 16.2. The fraction of sp³-hybridized carbons (Fsp3) is 0.0952. The largest absolute Gasteiger partial charge is 0.497 e. The van der Waals surface area contributed by atoms with Crippen LogP contribution in [0.15, 0.2) is 126 Å². The van der Waals surface area contributed by atoms with Gasteiger partial charge in [-0.3, -0.25) is 10.1 Å². The Balaban J connectivity index is 1.67. The smallest absolute Gasteiger partial charge is 0.445 e. The summed E-state index contributed by atoms with van der Waals surface area (Å²) in [5.74, 6) is 0.259. The van der Waals surface area contributed by atoms with E-state index in [2.05, 4.69) is 24.3 Å². The van der Waals surface area contributed by atoms with Crippen molar-refractivity contribution in [3.8, 4) is 22.6 Å². The molecule has 0 saturated heterocycles. The molecule has 0 aliphatic heterocycles. The third-order valence-electron chi connectivity index (χ3n) is 9.45. The van der Waals surface area contributed by atoms with Crippen LogP contribution in [0.25, 0.3) is 54.4 Å². The van der Waals surface area contributed by atoms with Gasteiger partial charge in [0.1, 0.15) is 27.3 Å². The van der Waals surface area contributed by atoms with Crippen LogP contribution in [0.1, 0.15) is 11.1 Å². The number of aryl methyl sites for hydroxylation is 2. The zero-order valence-electron chi connectivity index (χ0n) is 27.9. The highest BCUT2D eigenvalue weighted by Crippen LogP contribution is 2.52. The lowest BCUT2D eigenvalue weighted by molar-refractivity contribution is -0.400. The summed E-state index contributed by atoms with van der Waals surface area (Å²) in [6.45, 7) is 3.85. The van der Waals surface area contributed by atoms with Crippen molar-refractivity contribution in [2.45, 2.75) is 13.8 Å². The first kappa shape index (κ1) is 31.4. The van der Waals surface area contributed by atoms with Crippen LogP contribution in [-0.4, -0.2) is 19.1 Å². The maximum absolute atomic E-state index is 16.6. The molecule has 0 radical (unpaired) electrons. The van der Waals surface area contributed by atoms with E-state index in [4.69, 9.17) is 13.9 Å². The molecule has 0 fully saturated rings. The number of nitrogens with zero attached hydrogens (tertiary/aromatic N) is 1. The standard InChI is InChI=1S/C42H32NO6P/c1-25-18-26(2)20-32(19-25)50(46,33-23-30(47-3)22-31(24-33)48-4)41-40-37(49-42(41)43(44)45)17-16-35-36(27-10-6-5-7-11-27)21-29-15-14-28-12-8-9-13-34(28)38(29)39(35)40/h5-24H,1-4H3. The van der Waals surface area contributed by atoms with E-state index in [1.54, 1.807) is 24.3 Å². The lowest BCUT2D eigenvalue weighted by Crippen LogP contribution is -2.27. The molecule has 246 valence electrons. The van der Waals surface area contributed by atoms with Crippen LogP contribution in [0.5, 0.6) is 11.5 Å². The molecular formula is C42H32NO6P. The number of furan rings is 1. The second kappa shape index (κ2) is 11.9. The second-order valence-electron chi connectivity index (χ2n) is 12.6. The minimum absolute atomic E-state index is 0.0304. The van der Waals surface area contributed by atoms with Gasteiger partial charge in [-0.05, 0) is 94.4 Å². The van der Waals surface area contributed by atoms with E-state index in [1.807, 2.05) is 86.6 Å². The van der Waals surface area contributed by atoms with Gasteiger partial charge in [0, 0.05) is 27.4 Å². The predicted molar refractivity (Wildman–Crippen MR) is 203 cm³/mol. The average Bonchev–Trinajstić information content (AvgIpc) is 3.54. The molecule has 0 amide bonds. The monoisotopic (exact) mass is 677 g/mol. The minimum Gasteiger partial charge on any atom is -0.497 e. The summed E-state index contributed by atoms with van der Waals surface area (Å²) in [4.78, 5) is 12.6. The topological polar surface area (TPSA) is 91.8 Å². The number of rotatable bonds is 7. The number of hydrogen-bond acceptors (Lipinski definition) is 6. The van der Waals surface area contributed by atoms with E-state index in [-0.39, 0.29) is 10.9 Å². The fourth-order valence-corrected chi connectivity index (χ4v) is 10.5. The van der Waals surface area contributed by atoms with Crippen molar-refractivity contribution < 1.29 is 23.4 Å². The van der Waals surface area contributed by atoms with E-state index >= 15 is 4.57 Å². The summed E-state index contributed by atoms with van der Waals surface area (Å²) in [6, 6.07) is 38.9. The maximum Gasteiger partial charge on any atom is 0.445 e. The maximum atomic E-state index is 16.6. The van der Waals surface area contributed by atoms with Crippen molar-refractivity contribution in [2.24, 2.45) is 0 Å². The summed E-state index contributed by atoms with van der Waals surface area (Å²) >= 11 is 0. The van der Waals surface area contributed by atoms with Gasteiger partial charge in [0.05, 0.1) is 14.2 Å². The average molecular weight is 678 g/mol. The van der Waals surface area contributed by atoms with Gasteiger partial charge in [-0.2, -0.15) is 0 Å². The number of fused-ring (bicyclic) bond motifs is 7. The lowest BCUT2D eigenvalue weighted by atomic mass is 9.89. The fourth-order valence-electron chi connectivity index (χ4n) is 7.35. The van der Waals surface area contributed by atoms with Gasteiger partial charge in [0.15, 0.2) is 7.14 Å². The van der Waals surface area contributed by atoms with Crippen molar-refractivity contribution in [2.75, 3.05) is 14.2 Å². The number of hydrogen-bond donors (Lipinski definition) is 0. The Kier molecular flexibility index (Phi) is 7.46. The zero-order valence-corrected chi connectivity index (χ0v) is 28.8. The van der Waals surface area contributed by atoms with Crippen LogP contribution in [0.4, 0.5) is 5.88 Å². The molecule has 8 rings (SSSR count). The molecule has 0 aliphatic rings.